The topological polar surface area (TPSA) is 49.3 Å². The average molecular weight is 303 g/mol. The maximum absolute atomic E-state index is 10.8. The minimum atomic E-state index is -0.918. The highest BCUT2D eigenvalue weighted by atomic mass is 16.4. The minimum absolute atomic E-state index is 0.283. The van der Waals surface area contributed by atoms with Gasteiger partial charge in [0.25, 0.3) is 0 Å². The molecule has 3 aromatic rings. The summed E-state index contributed by atoms with van der Waals surface area (Å²) in [5.41, 5.74) is 5.70. The number of carboxylic acid groups (broad SMARTS) is 1. The molecule has 23 heavy (non-hydrogen) atoms. The molecule has 3 rings (SSSR count). The number of hydrogen-bond donors (Lipinski definition) is 2. The van der Waals surface area contributed by atoms with Crippen molar-refractivity contribution in [3.8, 4) is 11.1 Å². The number of aryl methyl sites for hydroxylation is 1. The summed E-state index contributed by atoms with van der Waals surface area (Å²) in [6.45, 7) is 2.08. The molecule has 3 heteroatoms. The Bertz CT molecular complexity index is 804. The zero-order valence-corrected chi connectivity index (χ0v) is 12.8. The van der Waals surface area contributed by atoms with E-state index in [4.69, 9.17) is 5.11 Å². The maximum atomic E-state index is 10.8. The van der Waals surface area contributed by atoms with Crippen LogP contribution in [0.2, 0.25) is 0 Å². The fraction of sp³-hybridized carbons (Fsp3) is 0.0500. The van der Waals surface area contributed by atoms with Crippen molar-refractivity contribution in [2.24, 2.45) is 0 Å². The van der Waals surface area contributed by atoms with E-state index in [9.17, 15) is 4.79 Å². The number of carboxylic acids is 1. The largest absolute Gasteiger partial charge is 0.478 e. The summed E-state index contributed by atoms with van der Waals surface area (Å²) < 4.78 is 0. The van der Waals surface area contributed by atoms with Gasteiger partial charge < -0.3 is 10.4 Å². The zero-order valence-electron chi connectivity index (χ0n) is 12.8. The van der Waals surface area contributed by atoms with Crippen LogP contribution >= 0.6 is 0 Å². The van der Waals surface area contributed by atoms with Crippen molar-refractivity contribution in [1.29, 1.82) is 0 Å². The lowest BCUT2D eigenvalue weighted by molar-refractivity contribution is 0.0697. The molecule has 0 spiro atoms. The van der Waals surface area contributed by atoms with E-state index in [2.05, 4.69) is 48.6 Å². The molecule has 0 heterocycles. The van der Waals surface area contributed by atoms with E-state index in [0.29, 0.717) is 0 Å². The molecule has 0 saturated carbocycles. The summed E-state index contributed by atoms with van der Waals surface area (Å²) in [4.78, 5) is 10.8. The Balaban J connectivity index is 1.74. The molecule has 0 bridgehead atoms. The van der Waals surface area contributed by atoms with Gasteiger partial charge in [0.1, 0.15) is 0 Å². The molecular weight excluding hydrogens is 286 g/mol. The van der Waals surface area contributed by atoms with Crippen LogP contribution in [0.1, 0.15) is 15.9 Å². The number of anilines is 2. The molecule has 0 aliphatic rings. The van der Waals surface area contributed by atoms with Gasteiger partial charge in [-0.15, -0.1) is 0 Å². The van der Waals surface area contributed by atoms with Crippen LogP contribution < -0.4 is 5.32 Å². The third-order valence-electron chi connectivity index (χ3n) is 3.69. The molecule has 2 N–H and O–H groups in total. The fourth-order valence-corrected chi connectivity index (χ4v) is 2.35. The number of nitrogens with one attached hydrogen (secondary N) is 1. The van der Waals surface area contributed by atoms with Crippen LogP contribution in [0.4, 0.5) is 11.4 Å². The van der Waals surface area contributed by atoms with E-state index in [0.717, 1.165) is 16.9 Å². The van der Waals surface area contributed by atoms with Gasteiger partial charge in [-0.05, 0) is 54.4 Å². The van der Waals surface area contributed by atoms with Crippen molar-refractivity contribution in [1.82, 2.24) is 0 Å². The quantitative estimate of drug-likeness (QED) is 0.704. The van der Waals surface area contributed by atoms with Crippen molar-refractivity contribution < 1.29 is 9.90 Å². The second-order valence-corrected chi connectivity index (χ2v) is 5.45. The number of aromatic carboxylic acids is 1. The van der Waals surface area contributed by atoms with Crippen molar-refractivity contribution in [3.63, 3.8) is 0 Å². The molecule has 0 amide bonds. The third kappa shape index (κ3) is 3.58. The summed E-state index contributed by atoms with van der Waals surface area (Å²) in [5, 5.41) is 12.2. The van der Waals surface area contributed by atoms with E-state index in [1.807, 2.05) is 12.1 Å². The Labute approximate surface area is 135 Å². The first-order chi connectivity index (χ1) is 11.1. The molecule has 0 radical (unpaired) electrons. The summed E-state index contributed by atoms with van der Waals surface area (Å²) in [7, 11) is 0. The summed E-state index contributed by atoms with van der Waals surface area (Å²) in [5.74, 6) is -0.918. The van der Waals surface area contributed by atoms with Crippen molar-refractivity contribution in [3.05, 3.63) is 83.9 Å². The van der Waals surface area contributed by atoms with Crippen molar-refractivity contribution in [2.45, 2.75) is 6.92 Å². The maximum Gasteiger partial charge on any atom is 0.335 e. The highest BCUT2D eigenvalue weighted by Gasteiger charge is 2.02. The Morgan fingerprint density at radius 2 is 1.17 bits per heavy atom. The van der Waals surface area contributed by atoms with E-state index in [-0.39, 0.29) is 5.56 Å². The Kier molecular flexibility index (Phi) is 4.11. The average Bonchev–Trinajstić information content (AvgIpc) is 2.57. The lowest BCUT2D eigenvalue weighted by Crippen LogP contribution is -1.96. The summed E-state index contributed by atoms with van der Waals surface area (Å²) in [6, 6.07) is 23.3. The van der Waals surface area contributed by atoms with Crippen molar-refractivity contribution >= 4 is 17.3 Å². The molecule has 0 saturated heterocycles. The van der Waals surface area contributed by atoms with Gasteiger partial charge in [-0.3, -0.25) is 0 Å². The minimum Gasteiger partial charge on any atom is -0.478 e. The molecule has 3 nitrogen and oxygen atoms in total. The number of benzene rings is 3. The van der Waals surface area contributed by atoms with Crippen molar-refractivity contribution in [2.75, 3.05) is 5.32 Å². The SMILES string of the molecule is Cc1ccc(-c2ccc(Nc3ccc(C(=O)O)cc3)cc2)cc1. The highest BCUT2D eigenvalue weighted by Crippen LogP contribution is 2.23. The first-order valence-corrected chi connectivity index (χ1v) is 7.39. The van der Waals surface area contributed by atoms with E-state index in [1.54, 1.807) is 24.3 Å². The summed E-state index contributed by atoms with van der Waals surface area (Å²) >= 11 is 0. The van der Waals surface area contributed by atoms with Crippen LogP contribution in [0.3, 0.4) is 0 Å². The van der Waals surface area contributed by atoms with Gasteiger partial charge in [-0.25, -0.2) is 4.79 Å². The third-order valence-corrected chi connectivity index (χ3v) is 3.69. The number of hydrogen-bond acceptors (Lipinski definition) is 2. The van der Waals surface area contributed by atoms with Gasteiger partial charge in [-0.2, -0.15) is 0 Å². The molecular formula is C20H17NO2. The second kappa shape index (κ2) is 6.36. The smallest absolute Gasteiger partial charge is 0.335 e. The molecule has 0 unspecified atom stereocenters. The Morgan fingerprint density at radius 3 is 1.65 bits per heavy atom. The predicted octanol–water partition coefficient (Wildman–Crippen LogP) is 5.10. The monoisotopic (exact) mass is 303 g/mol. The first-order valence-electron chi connectivity index (χ1n) is 7.39. The van der Waals surface area contributed by atoms with Crippen LogP contribution in [0.5, 0.6) is 0 Å². The van der Waals surface area contributed by atoms with Gasteiger partial charge >= 0.3 is 5.97 Å². The lowest BCUT2D eigenvalue weighted by Gasteiger charge is -2.08. The molecule has 0 aromatic heterocycles. The normalized spacial score (nSPS) is 10.3. The fourth-order valence-electron chi connectivity index (χ4n) is 2.35. The predicted molar refractivity (Wildman–Crippen MR) is 93.3 cm³/mol. The Hall–Kier alpha value is -3.07. The highest BCUT2D eigenvalue weighted by molar-refractivity contribution is 5.88. The molecule has 0 aliphatic heterocycles. The van der Waals surface area contributed by atoms with Crippen LogP contribution in [0.25, 0.3) is 11.1 Å². The Morgan fingerprint density at radius 1 is 0.739 bits per heavy atom. The molecule has 114 valence electrons. The van der Waals surface area contributed by atoms with Crippen LogP contribution in [0, 0.1) is 6.92 Å². The first kappa shape index (κ1) is 14.9. The zero-order chi connectivity index (χ0) is 16.2. The van der Waals surface area contributed by atoms with Gasteiger partial charge in [0.05, 0.1) is 5.56 Å². The van der Waals surface area contributed by atoms with Gasteiger partial charge in [-0.1, -0.05) is 42.0 Å². The second-order valence-electron chi connectivity index (χ2n) is 5.45. The number of rotatable bonds is 4. The van der Waals surface area contributed by atoms with E-state index < -0.39 is 5.97 Å². The summed E-state index contributed by atoms with van der Waals surface area (Å²) in [6.07, 6.45) is 0. The van der Waals surface area contributed by atoms with Gasteiger partial charge in [0, 0.05) is 11.4 Å². The van der Waals surface area contributed by atoms with Crippen LogP contribution in [-0.4, -0.2) is 11.1 Å². The van der Waals surface area contributed by atoms with Crippen LogP contribution in [-0.2, 0) is 0 Å². The molecule has 0 fully saturated rings. The van der Waals surface area contributed by atoms with Gasteiger partial charge in [0.15, 0.2) is 0 Å². The molecule has 0 aliphatic carbocycles. The van der Waals surface area contributed by atoms with Gasteiger partial charge in [0.2, 0.25) is 0 Å². The molecule has 3 aromatic carbocycles. The molecule has 0 atom stereocenters. The lowest BCUT2D eigenvalue weighted by atomic mass is 10.0. The number of carbonyl (C=O) groups is 1. The van der Waals surface area contributed by atoms with E-state index in [1.165, 1.54) is 11.1 Å². The van der Waals surface area contributed by atoms with E-state index >= 15 is 0 Å². The standard InChI is InChI=1S/C20H17NO2/c1-14-2-4-15(5-3-14)16-6-10-18(11-7-16)21-19-12-8-17(9-13-19)20(22)23/h2-13,21H,1H3,(H,22,23). The van der Waals surface area contributed by atoms with Crippen LogP contribution in [0.15, 0.2) is 72.8 Å².